The van der Waals surface area contributed by atoms with Crippen LogP contribution in [0.2, 0.25) is 0 Å². The van der Waals surface area contributed by atoms with E-state index >= 15 is 0 Å². The number of hydrogen-bond acceptors (Lipinski definition) is 5. The zero-order chi connectivity index (χ0) is 26.1. The van der Waals surface area contributed by atoms with E-state index < -0.39 is 23.5 Å². The summed E-state index contributed by atoms with van der Waals surface area (Å²) in [7, 11) is 0. The normalized spacial score (nSPS) is 19.2. The molecule has 1 unspecified atom stereocenters. The number of anilines is 2. The van der Waals surface area contributed by atoms with Crippen molar-refractivity contribution in [1.29, 1.82) is 0 Å². The molecular weight excluding hydrogens is 471 g/mol. The first-order chi connectivity index (χ1) is 17.8. The molecule has 0 radical (unpaired) electrons. The fraction of sp³-hybridized carbons (Fsp3) is 0.267. The number of hydrogen-bond donors (Lipinski definition) is 1. The van der Waals surface area contributed by atoms with Crippen molar-refractivity contribution in [3.05, 3.63) is 95.3 Å². The van der Waals surface area contributed by atoms with Gasteiger partial charge in [0.2, 0.25) is 0 Å². The molecule has 37 heavy (non-hydrogen) atoms. The molecule has 0 bridgehead atoms. The molecule has 2 heterocycles. The van der Waals surface area contributed by atoms with Crippen molar-refractivity contribution in [2.24, 2.45) is 0 Å². The number of benzene rings is 3. The lowest BCUT2D eigenvalue weighted by Gasteiger charge is -2.26. The number of halogens is 1. The number of nitrogens with zero attached hydrogens (tertiary/aromatic N) is 2. The maximum atomic E-state index is 13.8. The van der Waals surface area contributed by atoms with Gasteiger partial charge in [-0.1, -0.05) is 24.3 Å². The van der Waals surface area contributed by atoms with Crippen molar-refractivity contribution in [3.8, 4) is 5.75 Å². The molecule has 1 N–H and O–H groups in total. The summed E-state index contributed by atoms with van der Waals surface area (Å²) in [6.07, 6.45) is 2.21. The molecule has 2 fully saturated rings. The number of rotatable bonds is 6. The van der Waals surface area contributed by atoms with E-state index in [1.807, 2.05) is 38.1 Å². The number of carbonyl (C=O) groups is 2. The molecule has 2 aliphatic heterocycles. The van der Waals surface area contributed by atoms with Crippen LogP contribution in [0, 0.1) is 5.82 Å². The Bertz CT molecular complexity index is 1340. The molecule has 2 saturated heterocycles. The third-order valence-electron chi connectivity index (χ3n) is 6.71. The van der Waals surface area contributed by atoms with Crippen molar-refractivity contribution in [3.63, 3.8) is 0 Å². The number of ketones is 1. The Morgan fingerprint density at radius 2 is 1.59 bits per heavy atom. The van der Waals surface area contributed by atoms with Crippen LogP contribution in [0.5, 0.6) is 5.75 Å². The minimum Gasteiger partial charge on any atom is -0.507 e. The largest absolute Gasteiger partial charge is 0.507 e. The second kappa shape index (κ2) is 10.1. The smallest absolute Gasteiger partial charge is 0.300 e. The van der Waals surface area contributed by atoms with Gasteiger partial charge in [-0.15, -0.1) is 0 Å². The Morgan fingerprint density at radius 3 is 2.24 bits per heavy atom. The van der Waals surface area contributed by atoms with Gasteiger partial charge >= 0.3 is 0 Å². The highest BCUT2D eigenvalue weighted by molar-refractivity contribution is 6.51. The average Bonchev–Trinajstić information content (AvgIpc) is 3.51. The third-order valence-corrected chi connectivity index (χ3v) is 6.71. The summed E-state index contributed by atoms with van der Waals surface area (Å²) in [5.74, 6) is -1.76. The van der Waals surface area contributed by atoms with E-state index in [0.29, 0.717) is 22.6 Å². The second-order valence-corrected chi connectivity index (χ2v) is 9.63. The molecular formula is C30H29FN2O4. The van der Waals surface area contributed by atoms with Crippen molar-refractivity contribution in [1.82, 2.24) is 0 Å². The Labute approximate surface area is 215 Å². The van der Waals surface area contributed by atoms with E-state index in [1.165, 1.54) is 29.2 Å². The van der Waals surface area contributed by atoms with Crippen LogP contribution in [0.3, 0.4) is 0 Å². The number of ether oxygens (including phenoxy) is 1. The molecule has 3 aromatic carbocycles. The quantitative estimate of drug-likeness (QED) is 0.262. The monoisotopic (exact) mass is 500 g/mol. The highest BCUT2D eigenvalue weighted by Crippen LogP contribution is 2.43. The van der Waals surface area contributed by atoms with Crippen LogP contribution >= 0.6 is 0 Å². The third kappa shape index (κ3) is 4.81. The van der Waals surface area contributed by atoms with Gasteiger partial charge in [0.1, 0.15) is 17.3 Å². The predicted molar refractivity (Wildman–Crippen MR) is 141 cm³/mol. The first kappa shape index (κ1) is 24.6. The van der Waals surface area contributed by atoms with Gasteiger partial charge in [-0.05, 0) is 80.8 Å². The molecule has 1 atom stereocenters. The maximum absolute atomic E-state index is 13.8. The SMILES string of the molecule is CC(C)Oc1cccc(/C(O)=C2\C(=O)C(=O)N(c3ccc(N4CCCC4)cc3)C2c2ccc(F)cc2)c1. The number of Topliss-reactive ketones (excluding diaryl/α,β-unsaturated/α-hetero) is 1. The molecule has 0 saturated carbocycles. The molecule has 0 aliphatic carbocycles. The van der Waals surface area contributed by atoms with Crippen LogP contribution in [-0.4, -0.2) is 36.0 Å². The van der Waals surface area contributed by atoms with Crippen molar-refractivity contribution >= 4 is 28.8 Å². The molecule has 5 rings (SSSR count). The fourth-order valence-electron chi connectivity index (χ4n) is 5.00. The Kier molecular flexibility index (Phi) is 6.70. The fourth-order valence-corrected chi connectivity index (χ4v) is 5.00. The van der Waals surface area contributed by atoms with Crippen LogP contribution in [0.15, 0.2) is 78.4 Å². The second-order valence-electron chi connectivity index (χ2n) is 9.63. The van der Waals surface area contributed by atoms with E-state index in [2.05, 4.69) is 4.90 Å². The molecule has 6 nitrogen and oxygen atoms in total. The molecule has 0 aromatic heterocycles. The van der Waals surface area contributed by atoms with Crippen molar-refractivity contribution in [2.45, 2.75) is 38.8 Å². The summed E-state index contributed by atoms with van der Waals surface area (Å²) in [6.45, 7) is 5.75. The highest BCUT2D eigenvalue weighted by Gasteiger charge is 2.47. The lowest BCUT2D eigenvalue weighted by molar-refractivity contribution is -0.132. The molecule has 190 valence electrons. The lowest BCUT2D eigenvalue weighted by Crippen LogP contribution is -2.29. The van der Waals surface area contributed by atoms with Crippen LogP contribution in [-0.2, 0) is 9.59 Å². The van der Waals surface area contributed by atoms with Gasteiger partial charge in [0.05, 0.1) is 17.7 Å². The van der Waals surface area contributed by atoms with Crippen LogP contribution < -0.4 is 14.5 Å². The summed E-state index contributed by atoms with van der Waals surface area (Å²) >= 11 is 0. The molecule has 3 aromatic rings. The number of carbonyl (C=O) groups excluding carboxylic acids is 2. The number of aliphatic hydroxyl groups is 1. The number of aliphatic hydroxyl groups excluding tert-OH is 1. The number of amides is 1. The Morgan fingerprint density at radius 1 is 0.946 bits per heavy atom. The molecule has 1 amide bonds. The molecule has 0 spiro atoms. The molecule has 7 heteroatoms. The van der Waals surface area contributed by atoms with Crippen molar-refractivity contribution in [2.75, 3.05) is 22.9 Å². The summed E-state index contributed by atoms with van der Waals surface area (Å²) in [4.78, 5) is 30.4. The first-order valence-corrected chi connectivity index (χ1v) is 12.5. The van der Waals surface area contributed by atoms with E-state index in [0.717, 1.165) is 31.6 Å². The van der Waals surface area contributed by atoms with Gasteiger partial charge in [0.25, 0.3) is 11.7 Å². The highest BCUT2D eigenvalue weighted by atomic mass is 19.1. The van der Waals surface area contributed by atoms with E-state index in [4.69, 9.17) is 4.74 Å². The first-order valence-electron chi connectivity index (χ1n) is 12.5. The van der Waals surface area contributed by atoms with Gasteiger partial charge in [0.15, 0.2) is 0 Å². The van der Waals surface area contributed by atoms with E-state index in [-0.39, 0.29) is 17.4 Å². The minimum absolute atomic E-state index is 0.0538. The summed E-state index contributed by atoms with van der Waals surface area (Å²) < 4.78 is 19.5. The standard InChI is InChI=1S/C30H29FN2O4/c1-19(2)37-25-7-5-6-21(18-25)28(34)26-27(20-8-10-22(31)11-9-20)33(30(36)29(26)35)24-14-12-23(13-15-24)32-16-3-4-17-32/h5-15,18-19,27,34H,3-4,16-17H2,1-2H3/b28-26+. The summed E-state index contributed by atoms with van der Waals surface area (Å²) in [6, 6.07) is 19.0. The van der Waals surface area contributed by atoms with Gasteiger partial charge < -0.3 is 14.7 Å². The summed E-state index contributed by atoms with van der Waals surface area (Å²) in [5, 5.41) is 11.3. The van der Waals surface area contributed by atoms with E-state index in [9.17, 15) is 19.1 Å². The Balaban J connectivity index is 1.60. The predicted octanol–water partition coefficient (Wildman–Crippen LogP) is 5.84. The topological polar surface area (TPSA) is 70.1 Å². The van der Waals surface area contributed by atoms with Gasteiger partial charge in [-0.2, -0.15) is 0 Å². The van der Waals surface area contributed by atoms with Gasteiger partial charge in [0, 0.05) is 30.0 Å². The molecule has 2 aliphatic rings. The summed E-state index contributed by atoms with van der Waals surface area (Å²) in [5.41, 5.74) is 2.39. The van der Waals surface area contributed by atoms with E-state index in [1.54, 1.807) is 24.3 Å². The van der Waals surface area contributed by atoms with Crippen LogP contribution in [0.4, 0.5) is 15.8 Å². The van der Waals surface area contributed by atoms with Crippen LogP contribution in [0.25, 0.3) is 5.76 Å². The zero-order valence-corrected chi connectivity index (χ0v) is 20.9. The minimum atomic E-state index is -0.923. The Hall–Kier alpha value is -4.13. The van der Waals surface area contributed by atoms with Crippen LogP contribution in [0.1, 0.15) is 43.9 Å². The lowest BCUT2D eigenvalue weighted by atomic mass is 9.95. The average molecular weight is 501 g/mol. The van der Waals surface area contributed by atoms with Gasteiger partial charge in [-0.25, -0.2) is 4.39 Å². The zero-order valence-electron chi connectivity index (χ0n) is 20.9. The van der Waals surface area contributed by atoms with Crippen molar-refractivity contribution < 1.29 is 23.8 Å². The maximum Gasteiger partial charge on any atom is 0.300 e. The van der Waals surface area contributed by atoms with Gasteiger partial charge in [-0.3, -0.25) is 14.5 Å².